The fourth-order valence-electron chi connectivity index (χ4n) is 4.69. The summed E-state index contributed by atoms with van der Waals surface area (Å²) in [4.78, 5) is 31.1. The van der Waals surface area contributed by atoms with Crippen LogP contribution in [0.15, 0.2) is 48.7 Å². The summed E-state index contributed by atoms with van der Waals surface area (Å²) in [5, 5.41) is 7.75. The quantitative estimate of drug-likeness (QED) is 0.534. The third-order valence-electron chi connectivity index (χ3n) is 6.55. The second-order valence-electron chi connectivity index (χ2n) is 8.63. The molecular weight excluding hydrogens is 440 g/mol. The lowest BCUT2D eigenvalue weighted by Crippen LogP contribution is -2.48. The van der Waals surface area contributed by atoms with Crippen LogP contribution in [0, 0.1) is 0 Å². The highest BCUT2D eigenvalue weighted by Crippen LogP contribution is 2.25. The fourth-order valence-corrected chi connectivity index (χ4v) is 4.91. The highest BCUT2D eigenvalue weighted by atomic mass is 35.5. The first-order valence-electron chi connectivity index (χ1n) is 11.4. The number of aromatic amines is 1. The molecule has 3 aromatic rings. The molecule has 2 amide bonds. The van der Waals surface area contributed by atoms with E-state index in [1.165, 1.54) is 0 Å². The topological polar surface area (TPSA) is 86.5 Å². The third-order valence-corrected chi connectivity index (χ3v) is 6.86. The number of ether oxygens (including phenoxy) is 1. The van der Waals surface area contributed by atoms with Crippen molar-refractivity contribution in [3.05, 3.63) is 64.8 Å². The van der Waals surface area contributed by atoms with E-state index in [1.54, 1.807) is 18.3 Å². The van der Waals surface area contributed by atoms with Crippen molar-refractivity contribution in [2.24, 2.45) is 0 Å². The Hall–Kier alpha value is -3.03. The van der Waals surface area contributed by atoms with E-state index in [2.05, 4.69) is 20.5 Å². The van der Waals surface area contributed by atoms with Crippen molar-refractivity contribution in [3.63, 3.8) is 0 Å². The second kappa shape index (κ2) is 9.45. The largest absolute Gasteiger partial charge is 0.378 e. The number of H-pyrrole nitrogens is 1. The molecule has 2 heterocycles. The van der Waals surface area contributed by atoms with Gasteiger partial charge in [-0.1, -0.05) is 17.7 Å². The first-order chi connectivity index (χ1) is 16.1. The van der Waals surface area contributed by atoms with Gasteiger partial charge in [-0.05, 0) is 55.7 Å². The maximum Gasteiger partial charge on any atom is 0.251 e. The molecule has 0 radical (unpaired) electrons. The van der Waals surface area contributed by atoms with Gasteiger partial charge in [0.1, 0.15) is 0 Å². The lowest BCUT2D eigenvalue weighted by molar-refractivity contribution is 0.0892. The third kappa shape index (κ3) is 4.70. The number of carbonyl (C=O) groups excluding carboxylic acids is 2. The number of fused-ring (bicyclic) bond motifs is 1. The van der Waals surface area contributed by atoms with Gasteiger partial charge >= 0.3 is 0 Å². The molecule has 1 aromatic heterocycles. The van der Waals surface area contributed by atoms with Gasteiger partial charge in [-0.25, -0.2) is 0 Å². The Morgan fingerprint density at radius 2 is 1.58 bits per heavy atom. The molecule has 33 heavy (non-hydrogen) atoms. The van der Waals surface area contributed by atoms with Crippen LogP contribution in [0.25, 0.3) is 10.9 Å². The molecular formula is C25H27ClN4O3. The van der Waals surface area contributed by atoms with Gasteiger partial charge < -0.3 is 25.3 Å². The molecule has 0 spiro atoms. The molecule has 2 unspecified atom stereocenters. The Morgan fingerprint density at radius 1 is 0.939 bits per heavy atom. The maximum absolute atomic E-state index is 12.9. The number of nitrogens with zero attached hydrogens (tertiary/aromatic N) is 1. The summed E-state index contributed by atoms with van der Waals surface area (Å²) in [5.41, 5.74) is 3.11. The van der Waals surface area contributed by atoms with Crippen LogP contribution in [0.4, 0.5) is 5.69 Å². The zero-order valence-electron chi connectivity index (χ0n) is 18.3. The number of carbonyl (C=O) groups is 2. The maximum atomic E-state index is 12.9. The second-order valence-corrected chi connectivity index (χ2v) is 9.04. The van der Waals surface area contributed by atoms with Crippen molar-refractivity contribution in [1.29, 1.82) is 0 Å². The van der Waals surface area contributed by atoms with Gasteiger partial charge in [-0.3, -0.25) is 9.59 Å². The summed E-state index contributed by atoms with van der Waals surface area (Å²) in [7, 11) is 0. The monoisotopic (exact) mass is 466 g/mol. The molecule has 8 heteroatoms. The van der Waals surface area contributed by atoms with Crippen molar-refractivity contribution in [1.82, 2.24) is 15.6 Å². The van der Waals surface area contributed by atoms with E-state index in [4.69, 9.17) is 16.3 Å². The summed E-state index contributed by atoms with van der Waals surface area (Å²) in [6.07, 6.45) is 4.35. The zero-order chi connectivity index (χ0) is 22.8. The molecule has 2 fully saturated rings. The van der Waals surface area contributed by atoms with Crippen LogP contribution in [-0.2, 0) is 4.74 Å². The van der Waals surface area contributed by atoms with Gasteiger partial charge in [-0.2, -0.15) is 0 Å². The van der Waals surface area contributed by atoms with E-state index in [9.17, 15) is 9.59 Å². The smallest absolute Gasteiger partial charge is 0.251 e. The van der Waals surface area contributed by atoms with E-state index in [0.717, 1.165) is 62.2 Å². The number of aromatic nitrogens is 1. The van der Waals surface area contributed by atoms with Crippen molar-refractivity contribution < 1.29 is 14.3 Å². The van der Waals surface area contributed by atoms with Crippen LogP contribution >= 0.6 is 11.6 Å². The Balaban J connectivity index is 1.21. The number of anilines is 1. The van der Waals surface area contributed by atoms with Crippen LogP contribution in [0.2, 0.25) is 5.02 Å². The van der Waals surface area contributed by atoms with Crippen molar-refractivity contribution in [2.45, 2.75) is 31.3 Å². The van der Waals surface area contributed by atoms with Crippen LogP contribution in [-0.4, -0.2) is 55.2 Å². The number of amides is 2. The number of halogens is 1. The lowest BCUT2D eigenvalue weighted by atomic mass is 10.1. The Morgan fingerprint density at radius 3 is 2.27 bits per heavy atom. The number of morpholine rings is 1. The molecule has 1 aliphatic carbocycles. The predicted molar refractivity (Wildman–Crippen MR) is 129 cm³/mol. The van der Waals surface area contributed by atoms with E-state index in [-0.39, 0.29) is 23.9 Å². The number of benzene rings is 2. The molecule has 1 aliphatic heterocycles. The van der Waals surface area contributed by atoms with Gasteiger partial charge in [-0.15, -0.1) is 0 Å². The average molecular weight is 467 g/mol. The standard InChI is InChI=1S/C25H27ClN4O3/c26-20-15-27-23-14-17(6-9-19(20)23)25(32)29-22-3-1-2-21(22)28-24(31)16-4-7-18(8-5-16)30-10-12-33-13-11-30/h4-9,14-15,21-22,27H,1-3,10-13H2,(H,28,31)(H,29,32). The van der Waals surface area contributed by atoms with Gasteiger partial charge in [0.25, 0.3) is 11.8 Å². The number of hydrogen-bond donors (Lipinski definition) is 3. The fraction of sp³-hybridized carbons (Fsp3) is 0.360. The van der Waals surface area contributed by atoms with Crippen LogP contribution in [0.1, 0.15) is 40.0 Å². The van der Waals surface area contributed by atoms with Crippen LogP contribution in [0.5, 0.6) is 0 Å². The normalized spacial score (nSPS) is 20.7. The van der Waals surface area contributed by atoms with Gasteiger partial charge in [0.2, 0.25) is 0 Å². The predicted octanol–water partition coefficient (Wildman–Crippen LogP) is 3.74. The van der Waals surface area contributed by atoms with E-state index in [1.807, 2.05) is 30.3 Å². The van der Waals surface area contributed by atoms with Crippen molar-refractivity contribution in [2.75, 3.05) is 31.2 Å². The average Bonchev–Trinajstić information content (AvgIpc) is 3.45. The summed E-state index contributed by atoms with van der Waals surface area (Å²) in [6.45, 7) is 3.17. The minimum Gasteiger partial charge on any atom is -0.378 e. The highest BCUT2D eigenvalue weighted by molar-refractivity contribution is 6.35. The molecule has 172 valence electrons. The number of hydrogen-bond acceptors (Lipinski definition) is 4. The first-order valence-corrected chi connectivity index (χ1v) is 11.8. The van der Waals surface area contributed by atoms with Gasteiger partial charge in [0, 0.05) is 59.1 Å². The summed E-state index contributed by atoms with van der Waals surface area (Å²) >= 11 is 6.13. The number of nitrogens with one attached hydrogen (secondary N) is 3. The first kappa shape index (κ1) is 21.8. The van der Waals surface area contributed by atoms with Crippen molar-refractivity contribution in [3.8, 4) is 0 Å². The Labute approximate surface area is 197 Å². The van der Waals surface area contributed by atoms with Gasteiger partial charge in [0.15, 0.2) is 0 Å². The summed E-state index contributed by atoms with van der Waals surface area (Å²) < 4.78 is 5.40. The van der Waals surface area contributed by atoms with Crippen LogP contribution < -0.4 is 15.5 Å². The highest BCUT2D eigenvalue weighted by Gasteiger charge is 2.30. The van der Waals surface area contributed by atoms with Gasteiger partial charge in [0.05, 0.1) is 18.2 Å². The van der Waals surface area contributed by atoms with E-state index in [0.29, 0.717) is 16.1 Å². The minimum atomic E-state index is -0.149. The summed E-state index contributed by atoms with van der Waals surface area (Å²) in [6, 6.07) is 12.9. The SMILES string of the molecule is O=C(NC1CCCC1NC(=O)c1ccc2c(Cl)c[nH]c2c1)c1ccc(N2CCOCC2)cc1. The lowest BCUT2D eigenvalue weighted by Gasteiger charge is -2.29. The van der Waals surface area contributed by atoms with E-state index >= 15 is 0 Å². The molecule has 0 bridgehead atoms. The Kier molecular flexibility index (Phi) is 6.24. The number of rotatable bonds is 5. The van der Waals surface area contributed by atoms with E-state index < -0.39 is 0 Å². The van der Waals surface area contributed by atoms with Crippen LogP contribution in [0.3, 0.4) is 0 Å². The molecule has 2 atom stereocenters. The molecule has 1 saturated carbocycles. The molecule has 2 aromatic carbocycles. The molecule has 5 rings (SSSR count). The zero-order valence-corrected chi connectivity index (χ0v) is 19.0. The molecule has 3 N–H and O–H groups in total. The molecule has 7 nitrogen and oxygen atoms in total. The minimum absolute atomic E-state index is 0.0935. The molecule has 1 saturated heterocycles. The van der Waals surface area contributed by atoms with Crippen molar-refractivity contribution >= 4 is 40.0 Å². The summed E-state index contributed by atoms with van der Waals surface area (Å²) in [5.74, 6) is -0.263. The molecule has 2 aliphatic rings. The Bertz CT molecular complexity index is 1150.